The van der Waals surface area contributed by atoms with Crippen molar-refractivity contribution in [1.82, 2.24) is 0 Å². The molecule has 1 aliphatic carbocycles. The van der Waals surface area contributed by atoms with Gasteiger partial charge < -0.3 is 20.1 Å². The van der Waals surface area contributed by atoms with Crippen LogP contribution < -0.4 is 4.74 Å². The highest BCUT2D eigenvalue weighted by Crippen LogP contribution is 2.45. The third-order valence-electron chi connectivity index (χ3n) is 3.76. The van der Waals surface area contributed by atoms with E-state index in [1.807, 2.05) is 0 Å². The lowest BCUT2D eigenvalue weighted by Crippen LogP contribution is -2.22. The molecule has 6 heteroatoms. The highest BCUT2D eigenvalue weighted by molar-refractivity contribution is 6.31. The van der Waals surface area contributed by atoms with Crippen molar-refractivity contribution in [1.29, 1.82) is 0 Å². The second-order valence-electron chi connectivity index (χ2n) is 5.01. The van der Waals surface area contributed by atoms with Gasteiger partial charge in [0.05, 0.1) is 23.8 Å². The smallest absolute Gasteiger partial charge is 0.202 e. The van der Waals surface area contributed by atoms with Crippen LogP contribution in [0.3, 0.4) is 0 Å². The van der Waals surface area contributed by atoms with E-state index in [1.54, 1.807) is 6.92 Å². The minimum Gasteiger partial charge on any atom is -0.507 e. The number of carbonyl (C=O) groups excluding carboxylic acids is 2. The highest BCUT2D eigenvalue weighted by atomic mass is 16.5. The van der Waals surface area contributed by atoms with Crippen molar-refractivity contribution in [2.45, 2.75) is 6.92 Å². The minimum atomic E-state index is -0.738. The Hall–Kier alpha value is -3.02. The predicted molar refractivity (Wildman–Crippen MR) is 76.0 cm³/mol. The van der Waals surface area contributed by atoms with E-state index in [0.29, 0.717) is 5.56 Å². The van der Waals surface area contributed by atoms with Gasteiger partial charge in [-0.3, -0.25) is 9.59 Å². The van der Waals surface area contributed by atoms with Gasteiger partial charge in [-0.1, -0.05) is 6.07 Å². The standard InChI is InChI=1S/C16H12O6/c1-6-3-4-7(17)11-10(6)15(20)12-8(18)5-9(22-2)14(19)13(12)16(11)21/h3-5,17-19H,1-2H3. The number of hydrogen-bond donors (Lipinski definition) is 3. The van der Waals surface area contributed by atoms with E-state index >= 15 is 0 Å². The summed E-state index contributed by atoms with van der Waals surface area (Å²) in [5.74, 6) is -2.86. The third-order valence-corrected chi connectivity index (χ3v) is 3.76. The quantitative estimate of drug-likeness (QED) is 0.593. The molecule has 0 aromatic heterocycles. The number of phenolic OH excluding ortho intramolecular Hbond substituents is 3. The molecule has 0 aliphatic heterocycles. The van der Waals surface area contributed by atoms with Gasteiger partial charge in [-0.25, -0.2) is 0 Å². The normalized spacial score (nSPS) is 12.8. The molecule has 0 fully saturated rings. The van der Waals surface area contributed by atoms with Crippen LogP contribution in [0.2, 0.25) is 0 Å². The van der Waals surface area contributed by atoms with Crippen molar-refractivity contribution in [3.8, 4) is 23.0 Å². The van der Waals surface area contributed by atoms with Crippen molar-refractivity contribution < 1.29 is 29.6 Å². The fourth-order valence-corrected chi connectivity index (χ4v) is 2.71. The summed E-state index contributed by atoms with van der Waals surface area (Å²) in [6.07, 6.45) is 0. The number of carbonyl (C=O) groups is 2. The molecule has 0 radical (unpaired) electrons. The highest BCUT2D eigenvalue weighted by Gasteiger charge is 2.38. The van der Waals surface area contributed by atoms with Crippen LogP contribution in [-0.2, 0) is 0 Å². The van der Waals surface area contributed by atoms with Crippen LogP contribution in [0.4, 0.5) is 0 Å². The summed E-state index contributed by atoms with van der Waals surface area (Å²) < 4.78 is 4.88. The summed E-state index contributed by atoms with van der Waals surface area (Å²) in [4.78, 5) is 25.3. The molecule has 0 spiro atoms. The third kappa shape index (κ3) is 1.60. The molecular formula is C16H12O6. The molecule has 0 bridgehead atoms. The molecular weight excluding hydrogens is 288 g/mol. The number of ketones is 2. The molecule has 2 aromatic carbocycles. The summed E-state index contributed by atoms with van der Waals surface area (Å²) in [6, 6.07) is 3.88. The van der Waals surface area contributed by atoms with Crippen LogP contribution >= 0.6 is 0 Å². The monoisotopic (exact) mass is 300 g/mol. The van der Waals surface area contributed by atoms with Crippen LogP contribution in [0.15, 0.2) is 18.2 Å². The van der Waals surface area contributed by atoms with Gasteiger partial charge in [0.25, 0.3) is 0 Å². The molecule has 2 aromatic rings. The summed E-state index contributed by atoms with van der Waals surface area (Å²) in [5.41, 5.74) is -0.316. The van der Waals surface area contributed by atoms with E-state index in [-0.39, 0.29) is 33.8 Å². The molecule has 3 N–H and O–H groups in total. The van der Waals surface area contributed by atoms with Crippen molar-refractivity contribution >= 4 is 11.6 Å². The lowest BCUT2D eigenvalue weighted by molar-refractivity contribution is 0.0970. The molecule has 112 valence electrons. The van der Waals surface area contributed by atoms with Gasteiger partial charge in [0.1, 0.15) is 11.5 Å². The maximum atomic E-state index is 12.6. The van der Waals surface area contributed by atoms with E-state index in [1.165, 1.54) is 19.2 Å². The number of fused-ring (bicyclic) bond motifs is 2. The SMILES string of the molecule is COc1cc(O)c2c(c1O)C(=O)c1c(O)ccc(C)c1C2=O. The van der Waals surface area contributed by atoms with Crippen LogP contribution in [-0.4, -0.2) is 34.0 Å². The lowest BCUT2D eigenvalue weighted by Gasteiger charge is -2.22. The van der Waals surface area contributed by atoms with Crippen molar-refractivity contribution in [2.75, 3.05) is 7.11 Å². The van der Waals surface area contributed by atoms with Crippen molar-refractivity contribution in [3.05, 3.63) is 46.0 Å². The zero-order valence-corrected chi connectivity index (χ0v) is 11.8. The molecule has 22 heavy (non-hydrogen) atoms. The number of rotatable bonds is 1. The van der Waals surface area contributed by atoms with E-state index in [0.717, 1.165) is 6.07 Å². The van der Waals surface area contributed by atoms with E-state index < -0.39 is 23.1 Å². The van der Waals surface area contributed by atoms with Gasteiger partial charge in [-0.15, -0.1) is 0 Å². The van der Waals surface area contributed by atoms with Gasteiger partial charge >= 0.3 is 0 Å². The van der Waals surface area contributed by atoms with Crippen LogP contribution in [0, 0.1) is 6.92 Å². The second-order valence-corrected chi connectivity index (χ2v) is 5.01. The summed E-state index contributed by atoms with van der Waals surface area (Å²) >= 11 is 0. The molecule has 0 saturated carbocycles. The van der Waals surface area contributed by atoms with Crippen molar-refractivity contribution in [3.63, 3.8) is 0 Å². The van der Waals surface area contributed by atoms with Gasteiger partial charge in [0, 0.05) is 11.6 Å². The first-order valence-electron chi connectivity index (χ1n) is 6.43. The number of methoxy groups -OCH3 is 1. The Morgan fingerprint density at radius 1 is 0.864 bits per heavy atom. The van der Waals surface area contributed by atoms with Gasteiger partial charge in [-0.2, -0.15) is 0 Å². The average molecular weight is 300 g/mol. The fraction of sp³-hybridized carbons (Fsp3) is 0.125. The number of benzene rings is 2. The van der Waals surface area contributed by atoms with Gasteiger partial charge in [0.15, 0.2) is 17.3 Å². The molecule has 0 atom stereocenters. The Morgan fingerprint density at radius 3 is 2.09 bits per heavy atom. The predicted octanol–water partition coefficient (Wildman–Crippen LogP) is 1.90. The second kappa shape index (κ2) is 4.49. The zero-order chi connectivity index (χ0) is 16.2. The maximum absolute atomic E-state index is 12.6. The Labute approximate surface area is 125 Å². The molecule has 0 amide bonds. The number of aromatic hydroxyl groups is 3. The number of aryl methyl sites for hydroxylation is 1. The first-order valence-corrected chi connectivity index (χ1v) is 6.43. The Kier molecular flexibility index (Phi) is 2.84. The number of hydrogen-bond acceptors (Lipinski definition) is 6. The van der Waals surface area contributed by atoms with Crippen LogP contribution in [0.1, 0.15) is 37.4 Å². The Balaban J connectivity index is 2.44. The van der Waals surface area contributed by atoms with Crippen molar-refractivity contribution in [2.24, 2.45) is 0 Å². The Morgan fingerprint density at radius 2 is 1.45 bits per heavy atom. The first kappa shape index (κ1) is 13.9. The lowest BCUT2D eigenvalue weighted by atomic mass is 9.80. The average Bonchev–Trinajstić information content (AvgIpc) is 2.48. The minimum absolute atomic E-state index is 0.0253. The van der Waals surface area contributed by atoms with Crippen LogP contribution in [0.5, 0.6) is 23.0 Å². The van der Waals surface area contributed by atoms with Crippen LogP contribution in [0.25, 0.3) is 0 Å². The molecule has 0 heterocycles. The van der Waals surface area contributed by atoms with E-state index in [2.05, 4.69) is 0 Å². The molecule has 0 unspecified atom stereocenters. The Bertz CT molecular complexity index is 850. The summed E-state index contributed by atoms with van der Waals surface area (Å²) in [5, 5.41) is 30.1. The largest absolute Gasteiger partial charge is 0.507 e. The molecule has 0 saturated heterocycles. The van der Waals surface area contributed by atoms with E-state index in [9.17, 15) is 24.9 Å². The van der Waals surface area contributed by atoms with E-state index in [4.69, 9.17) is 4.74 Å². The first-order chi connectivity index (χ1) is 10.4. The summed E-state index contributed by atoms with van der Waals surface area (Å²) in [6.45, 7) is 1.62. The zero-order valence-electron chi connectivity index (χ0n) is 11.8. The topological polar surface area (TPSA) is 104 Å². The maximum Gasteiger partial charge on any atom is 0.202 e. The van der Waals surface area contributed by atoms with Gasteiger partial charge in [0.2, 0.25) is 5.78 Å². The summed E-state index contributed by atoms with van der Waals surface area (Å²) in [7, 11) is 1.26. The molecule has 1 aliphatic rings. The number of phenols is 3. The fourth-order valence-electron chi connectivity index (χ4n) is 2.71. The number of ether oxygens (including phenoxy) is 1. The van der Waals surface area contributed by atoms with Gasteiger partial charge in [-0.05, 0) is 18.6 Å². The molecule has 3 rings (SSSR count). The molecule has 6 nitrogen and oxygen atoms in total.